The van der Waals surface area contributed by atoms with Crippen molar-refractivity contribution >= 4 is 11.6 Å². The summed E-state index contributed by atoms with van der Waals surface area (Å²) in [5, 5.41) is 6.33. The van der Waals surface area contributed by atoms with Gasteiger partial charge in [-0.05, 0) is 39.3 Å². The molecule has 0 aliphatic carbocycles. The van der Waals surface area contributed by atoms with E-state index in [2.05, 4.69) is 43.2 Å². The molecule has 0 spiro atoms. The maximum absolute atomic E-state index is 11.2. The molecule has 118 valence electrons. The fourth-order valence-corrected chi connectivity index (χ4v) is 2.53. The van der Waals surface area contributed by atoms with Crippen molar-refractivity contribution in [2.75, 3.05) is 18.4 Å². The summed E-state index contributed by atoms with van der Waals surface area (Å²) in [6.45, 7) is 13.2. The summed E-state index contributed by atoms with van der Waals surface area (Å²) in [4.78, 5) is 13.7. The first-order valence-electron chi connectivity index (χ1n) is 7.73. The van der Waals surface area contributed by atoms with E-state index in [1.165, 1.54) is 6.92 Å². The lowest BCUT2D eigenvalue weighted by Gasteiger charge is -2.30. The molecule has 0 saturated carbocycles. The van der Waals surface area contributed by atoms with Gasteiger partial charge in [-0.15, -0.1) is 0 Å². The van der Waals surface area contributed by atoms with Crippen LogP contribution in [0.5, 0.6) is 0 Å². The number of rotatable bonds is 8. The first-order valence-corrected chi connectivity index (χ1v) is 7.73. The predicted molar refractivity (Wildman–Crippen MR) is 89.4 cm³/mol. The number of nitrogens with zero attached hydrogens (tertiary/aromatic N) is 1. The summed E-state index contributed by atoms with van der Waals surface area (Å²) >= 11 is 0. The van der Waals surface area contributed by atoms with Crippen molar-refractivity contribution in [2.24, 2.45) is 0 Å². The number of carbonyl (C=O) groups is 1. The van der Waals surface area contributed by atoms with Gasteiger partial charge >= 0.3 is 0 Å². The fraction of sp³-hybridized carbons (Fsp3) is 0.588. The Hall–Kier alpha value is -1.39. The maximum Gasteiger partial charge on any atom is 0.221 e. The van der Waals surface area contributed by atoms with E-state index in [0.29, 0.717) is 12.1 Å². The molecule has 2 N–H and O–H groups in total. The molecular formula is C17H29N3O. The molecule has 0 aliphatic heterocycles. The quantitative estimate of drug-likeness (QED) is 0.724. The molecule has 1 aromatic carbocycles. The van der Waals surface area contributed by atoms with Crippen LogP contribution in [-0.4, -0.2) is 36.0 Å². The van der Waals surface area contributed by atoms with E-state index in [4.69, 9.17) is 0 Å². The van der Waals surface area contributed by atoms with Crippen LogP contribution in [0, 0.1) is 0 Å². The van der Waals surface area contributed by atoms with Crippen LogP contribution in [0.4, 0.5) is 5.69 Å². The third-order valence-corrected chi connectivity index (χ3v) is 3.52. The molecule has 0 fully saturated rings. The molecule has 1 rings (SSSR count). The van der Waals surface area contributed by atoms with Crippen LogP contribution in [0.3, 0.4) is 0 Å². The van der Waals surface area contributed by atoms with E-state index in [-0.39, 0.29) is 5.91 Å². The van der Waals surface area contributed by atoms with E-state index in [9.17, 15) is 4.79 Å². The van der Waals surface area contributed by atoms with Crippen LogP contribution in [0.2, 0.25) is 0 Å². The Kier molecular flexibility index (Phi) is 7.40. The first-order chi connectivity index (χ1) is 9.91. The number of para-hydroxylation sites is 1. The molecule has 0 unspecified atom stereocenters. The number of anilines is 1. The second-order valence-corrected chi connectivity index (χ2v) is 5.94. The minimum atomic E-state index is -0.0340. The van der Waals surface area contributed by atoms with Crippen LogP contribution >= 0.6 is 0 Å². The van der Waals surface area contributed by atoms with Gasteiger partial charge in [-0.2, -0.15) is 0 Å². The topological polar surface area (TPSA) is 44.4 Å². The molecule has 0 aromatic heterocycles. The smallest absolute Gasteiger partial charge is 0.221 e. The zero-order chi connectivity index (χ0) is 15.8. The molecule has 4 nitrogen and oxygen atoms in total. The SMILES string of the molecule is CC(=O)Nc1ccccc1CNCCN(C(C)C)C(C)C. The van der Waals surface area contributed by atoms with Crippen molar-refractivity contribution in [2.45, 2.75) is 53.2 Å². The number of hydrogen-bond acceptors (Lipinski definition) is 3. The lowest BCUT2D eigenvalue weighted by Crippen LogP contribution is -2.41. The summed E-state index contributed by atoms with van der Waals surface area (Å²) < 4.78 is 0. The van der Waals surface area contributed by atoms with Crippen LogP contribution in [-0.2, 0) is 11.3 Å². The van der Waals surface area contributed by atoms with Crippen LogP contribution in [0.1, 0.15) is 40.2 Å². The Bertz CT molecular complexity index is 435. The van der Waals surface area contributed by atoms with E-state index < -0.39 is 0 Å². The van der Waals surface area contributed by atoms with Gasteiger partial charge in [0.15, 0.2) is 0 Å². The molecular weight excluding hydrogens is 262 g/mol. The number of benzene rings is 1. The molecule has 4 heteroatoms. The van der Waals surface area contributed by atoms with Gasteiger partial charge in [0.25, 0.3) is 0 Å². The minimum absolute atomic E-state index is 0.0340. The van der Waals surface area contributed by atoms with Gasteiger partial charge in [0.2, 0.25) is 5.91 Å². The molecule has 1 aromatic rings. The predicted octanol–water partition coefficient (Wildman–Crippen LogP) is 2.85. The Morgan fingerprint density at radius 2 is 1.76 bits per heavy atom. The molecule has 0 aliphatic rings. The Balaban J connectivity index is 2.47. The lowest BCUT2D eigenvalue weighted by atomic mass is 10.1. The fourth-order valence-electron chi connectivity index (χ4n) is 2.53. The van der Waals surface area contributed by atoms with Gasteiger partial charge in [-0.25, -0.2) is 0 Å². The molecule has 0 atom stereocenters. The largest absolute Gasteiger partial charge is 0.326 e. The highest BCUT2D eigenvalue weighted by atomic mass is 16.1. The van der Waals surface area contributed by atoms with E-state index in [1.54, 1.807) is 0 Å². The van der Waals surface area contributed by atoms with Crippen LogP contribution < -0.4 is 10.6 Å². The molecule has 1 amide bonds. The lowest BCUT2D eigenvalue weighted by molar-refractivity contribution is -0.114. The standard InChI is InChI=1S/C17H29N3O/c1-13(2)20(14(3)4)11-10-18-12-16-8-6-7-9-17(16)19-15(5)21/h6-9,13-14,18H,10-12H2,1-5H3,(H,19,21). The second kappa shape index (κ2) is 8.80. The van der Waals surface area contributed by atoms with Crippen molar-refractivity contribution in [1.29, 1.82) is 0 Å². The summed E-state index contributed by atoms with van der Waals surface area (Å²) in [6, 6.07) is 9.02. The zero-order valence-corrected chi connectivity index (χ0v) is 13.9. The number of nitrogens with one attached hydrogen (secondary N) is 2. The average molecular weight is 291 g/mol. The van der Waals surface area contributed by atoms with Gasteiger partial charge in [0, 0.05) is 44.3 Å². The molecule has 0 radical (unpaired) electrons. The third-order valence-electron chi connectivity index (χ3n) is 3.52. The van der Waals surface area contributed by atoms with E-state index >= 15 is 0 Å². The Morgan fingerprint density at radius 3 is 2.33 bits per heavy atom. The maximum atomic E-state index is 11.2. The number of amides is 1. The number of hydrogen-bond donors (Lipinski definition) is 2. The zero-order valence-electron chi connectivity index (χ0n) is 13.9. The minimum Gasteiger partial charge on any atom is -0.326 e. The summed E-state index contributed by atoms with van der Waals surface area (Å²) in [5.74, 6) is -0.0340. The average Bonchev–Trinajstić information content (AvgIpc) is 2.38. The van der Waals surface area contributed by atoms with Gasteiger partial charge < -0.3 is 10.6 Å². The van der Waals surface area contributed by atoms with E-state index in [0.717, 1.165) is 30.9 Å². The highest BCUT2D eigenvalue weighted by Gasteiger charge is 2.12. The Morgan fingerprint density at radius 1 is 1.14 bits per heavy atom. The molecule has 0 saturated heterocycles. The third kappa shape index (κ3) is 6.27. The van der Waals surface area contributed by atoms with Crippen LogP contribution in [0.15, 0.2) is 24.3 Å². The van der Waals surface area contributed by atoms with Crippen molar-refractivity contribution in [3.63, 3.8) is 0 Å². The van der Waals surface area contributed by atoms with Crippen molar-refractivity contribution in [3.05, 3.63) is 29.8 Å². The van der Waals surface area contributed by atoms with E-state index in [1.807, 2.05) is 24.3 Å². The van der Waals surface area contributed by atoms with Gasteiger partial charge in [-0.1, -0.05) is 18.2 Å². The van der Waals surface area contributed by atoms with Crippen molar-refractivity contribution in [3.8, 4) is 0 Å². The van der Waals surface area contributed by atoms with Gasteiger partial charge in [0.1, 0.15) is 0 Å². The van der Waals surface area contributed by atoms with Crippen LogP contribution in [0.25, 0.3) is 0 Å². The summed E-state index contributed by atoms with van der Waals surface area (Å²) in [7, 11) is 0. The first kappa shape index (κ1) is 17.7. The summed E-state index contributed by atoms with van der Waals surface area (Å²) in [5.41, 5.74) is 2.01. The summed E-state index contributed by atoms with van der Waals surface area (Å²) in [6.07, 6.45) is 0. The molecule has 0 heterocycles. The Labute approximate surface area is 128 Å². The monoisotopic (exact) mass is 291 g/mol. The number of carbonyl (C=O) groups excluding carboxylic acids is 1. The molecule has 21 heavy (non-hydrogen) atoms. The van der Waals surface area contributed by atoms with Gasteiger partial charge in [0.05, 0.1) is 0 Å². The highest BCUT2D eigenvalue weighted by Crippen LogP contribution is 2.14. The second-order valence-electron chi connectivity index (χ2n) is 5.94. The van der Waals surface area contributed by atoms with Gasteiger partial charge in [-0.3, -0.25) is 9.69 Å². The van der Waals surface area contributed by atoms with Crippen molar-refractivity contribution < 1.29 is 4.79 Å². The van der Waals surface area contributed by atoms with Crippen molar-refractivity contribution in [1.82, 2.24) is 10.2 Å². The highest BCUT2D eigenvalue weighted by molar-refractivity contribution is 5.89. The molecule has 0 bridgehead atoms. The normalized spacial score (nSPS) is 11.4.